The lowest BCUT2D eigenvalue weighted by atomic mass is 10.1. The minimum Gasteiger partial charge on any atom is -0.392 e. The number of nitrogens with one attached hydrogen (secondary N) is 1. The van der Waals surface area contributed by atoms with Crippen molar-refractivity contribution in [3.8, 4) is 0 Å². The minimum absolute atomic E-state index is 0.367. The number of benzene rings is 1. The second kappa shape index (κ2) is 4.49. The SMILES string of the molecule is Cc1cc(NCC(C)O)nc2ccccc12. The lowest BCUT2D eigenvalue weighted by molar-refractivity contribution is 0.208. The Kier molecular flexibility index (Phi) is 3.06. The quantitative estimate of drug-likeness (QED) is 0.827. The third kappa shape index (κ3) is 2.31. The molecule has 1 atom stereocenters. The van der Waals surface area contributed by atoms with E-state index in [-0.39, 0.29) is 6.10 Å². The van der Waals surface area contributed by atoms with Crippen LogP contribution >= 0.6 is 0 Å². The smallest absolute Gasteiger partial charge is 0.127 e. The molecule has 0 spiro atoms. The van der Waals surface area contributed by atoms with Crippen LogP contribution in [0.5, 0.6) is 0 Å². The average molecular weight is 216 g/mol. The fraction of sp³-hybridized carbons (Fsp3) is 0.308. The zero-order valence-corrected chi connectivity index (χ0v) is 9.57. The third-order valence-electron chi connectivity index (χ3n) is 2.50. The van der Waals surface area contributed by atoms with Crippen LogP contribution in [0.25, 0.3) is 10.9 Å². The van der Waals surface area contributed by atoms with Crippen LogP contribution in [-0.2, 0) is 0 Å². The summed E-state index contributed by atoms with van der Waals surface area (Å²) in [6, 6.07) is 10.1. The van der Waals surface area contributed by atoms with Gasteiger partial charge in [0, 0.05) is 11.9 Å². The molecule has 0 saturated carbocycles. The molecule has 0 aliphatic heterocycles. The largest absolute Gasteiger partial charge is 0.392 e. The molecule has 0 aliphatic carbocycles. The summed E-state index contributed by atoms with van der Waals surface area (Å²) in [6.45, 7) is 4.34. The highest BCUT2D eigenvalue weighted by Crippen LogP contribution is 2.19. The van der Waals surface area contributed by atoms with Crippen LogP contribution in [-0.4, -0.2) is 22.7 Å². The van der Waals surface area contributed by atoms with E-state index in [0.29, 0.717) is 6.54 Å². The molecule has 1 aromatic carbocycles. The van der Waals surface area contributed by atoms with Crippen LogP contribution in [0, 0.1) is 6.92 Å². The number of anilines is 1. The van der Waals surface area contributed by atoms with E-state index in [0.717, 1.165) is 11.3 Å². The summed E-state index contributed by atoms with van der Waals surface area (Å²) in [4.78, 5) is 4.49. The third-order valence-corrected chi connectivity index (χ3v) is 2.50. The first-order chi connectivity index (χ1) is 7.66. The Bertz CT molecular complexity index is 494. The molecule has 0 bridgehead atoms. The molecular formula is C13H16N2O. The number of aryl methyl sites for hydroxylation is 1. The number of nitrogens with zero attached hydrogens (tertiary/aromatic N) is 1. The van der Waals surface area contributed by atoms with E-state index in [2.05, 4.69) is 23.3 Å². The Morgan fingerprint density at radius 1 is 1.38 bits per heavy atom. The number of pyridine rings is 1. The number of aliphatic hydroxyl groups excluding tert-OH is 1. The van der Waals surface area contributed by atoms with E-state index < -0.39 is 0 Å². The van der Waals surface area contributed by atoms with E-state index in [1.54, 1.807) is 6.92 Å². The normalized spacial score (nSPS) is 12.7. The summed E-state index contributed by atoms with van der Waals surface area (Å²) in [5, 5.41) is 13.5. The number of rotatable bonds is 3. The van der Waals surface area contributed by atoms with Crippen LogP contribution in [0.2, 0.25) is 0 Å². The van der Waals surface area contributed by atoms with Crippen LogP contribution in [0.3, 0.4) is 0 Å². The van der Waals surface area contributed by atoms with Crippen molar-refractivity contribution in [2.24, 2.45) is 0 Å². The summed E-state index contributed by atoms with van der Waals surface area (Å²) in [5.41, 5.74) is 2.18. The van der Waals surface area contributed by atoms with Crippen molar-refractivity contribution in [1.82, 2.24) is 4.98 Å². The zero-order valence-electron chi connectivity index (χ0n) is 9.57. The standard InChI is InChI=1S/C13H16N2O/c1-9-7-13(14-8-10(2)16)15-12-6-4-3-5-11(9)12/h3-7,10,16H,8H2,1-2H3,(H,14,15). The van der Waals surface area contributed by atoms with Gasteiger partial charge in [-0.1, -0.05) is 18.2 Å². The highest BCUT2D eigenvalue weighted by atomic mass is 16.3. The number of fused-ring (bicyclic) bond motifs is 1. The van der Waals surface area contributed by atoms with Crippen molar-refractivity contribution in [2.45, 2.75) is 20.0 Å². The lowest BCUT2D eigenvalue weighted by Crippen LogP contribution is -2.16. The van der Waals surface area contributed by atoms with Gasteiger partial charge in [0.1, 0.15) is 5.82 Å². The molecule has 0 radical (unpaired) electrons. The Labute approximate surface area is 95.1 Å². The summed E-state index contributed by atoms with van der Waals surface area (Å²) < 4.78 is 0. The first-order valence-corrected chi connectivity index (χ1v) is 5.45. The van der Waals surface area contributed by atoms with Crippen molar-refractivity contribution in [3.63, 3.8) is 0 Å². The van der Waals surface area contributed by atoms with Gasteiger partial charge in [-0.15, -0.1) is 0 Å². The predicted octanol–water partition coefficient (Wildman–Crippen LogP) is 2.34. The van der Waals surface area contributed by atoms with E-state index in [1.165, 1.54) is 10.9 Å². The van der Waals surface area contributed by atoms with Gasteiger partial charge in [0.15, 0.2) is 0 Å². The highest BCUT2D eigenvalue weighted by Gasteiger charge is 2.02. The van der Waals surface area contributed by atoms with Gasteiger partial charge in [-0.05, 0) is 31.5 Å². The molecule has 1 unspecified atom stereocenters. The Morgan fingerprint density at radius 2 is 2.12 bits per heavy atom. The van der Waals surface area contributed by atoms with Crippen molar-refractivity contribution >= 4 is 16.7 Å². The number of hydrogen-bond donors (Lipinski definition) is 2. The monoisotopic (exact) mass is 216 g/mol. The van der Waals surface area contributed by atoms with Crippen LogP contribution in [0.15, 0.2) is 30.3 Å². The van der Waals surface area contributed by atoms with Gasteiger partial charge < -0.3 is 10.4 Å². The molecule has 1 heterocycles. The first kappa shape index (κ1) is 10.9. The van der Waals surface area contributed by atoms with Crippen LogP contribution in [0.4, 0.5) is 5.82 Å². The Morgan fingerprint density at radius 3 is 2.88 bits per heavy atom. The van der Waals surface area contributed by atoms with Crippen molar-refractivity contribution in [2.75, 3.05) is 11.9 Å². The van der Waals surface area contributed by atoms with E-state index in [1.807, 2.05) is 24.3 Å². The minimum atomic E-state index is -0.367. The van der Waals surface area contributed by atoms with Gasteiger partial charge in [0.05, 0.1) is 11.6 Å². The summed E-state index contributed by atoms with van der Waals surface area (Å²) in [6.07, 6.45) is -0.367. The fourth-order valence-corrected chi connectivity index (χ4v) is 1.69. The molecule has 0 saturated heterocycles. The molecule has 3 nitrogen and oxygen atoms in total. The number of hydrogen-bond acceptors (Lipinski definition) is 3. The summed E-state index contributed by atoms with van der Waals surface area (Å²) >= 11 is 0. The molecule has 2 aromatic rings. The molecule has 16 heavy (non-hydrogen) atoms. The molecular weight excluding hydrogens is 200 g/mol. The van der Waals surface area contributed by atoms with Gasteiger partial charge in [0.25, 0.3) is 0 Å². The van der Waals surface area contributed by atoms with Crippen LogP contribution < -0.4 is 5.32 Å². The lowest BCUT2D eigenvalue weighted by Gasteiger charge is -2.10. The fourth-order valence-electron chi connectivity index (χ4n) is 1.69. The zero-order chi connectivity index (χ0) is 11.5. The van der Waals surface area contributed by atoms with E-state index in [9.17, 15) is 5.11 Å². The maximum absolute atomic E-state index is 9.21. The predicted molar refractivity (Wildman–Crippen MR) is 66.7 cm³/mol. The van der Waals surface area contributed by atoms with Crippen molar-refractivity contribution in [3.05, 3.63) is 35.9 Å². The first-order valence-electron chi connectivity index (χ1n) is 5.45. The van der Waals surface area contributed by atoms with Crippen LogP contribution in [0.1, 0.15) is 12.5 Å². The van der Waals surface area contributed by atoms with E-state index in [4.69, 9.17) is 0 Å². The summed E-state index contributed by atoms with van der Waals surface area (Å²) in [7, 11) is 0. The second-order valence-electron chi connectivity index (χ2n) is 4.07. The van der Waals surface area contributed by atoms with Gasteiger partial charge in [-0.25, -0.2) is 4.98 Å². The molecule has 0 aliphatic rings. The van der Waals surface area contributed by atoms with Gasteiger partial charge in [-0.3, -0.25) is 0 Å². The Balaban J connectivity index is 2.34. The van der Waals surface area contributed by atoms with Gasteiger partial charge in [0.2, 0.25) is 0 Å². The van der Waals surface area contributed by atoms with Crippen molar-refractivity contribution < 1.29 is 5.11 Å². The number of aliphatic hydroxyl groups is 1. The average Bonchev–Trinajstić information content (AvgIpc) is 2.26. The molecule has 0 amide bonds. The maximum atomic E-state index is 9.21. The molecule has 3 heteroatoms. The Hall–Kier alpha value is -1.61. The molecule has 2 N–H and O–H groups in total. The van der Waals surface area contributed by atoms with Crippen molar-refractivity contribution in [1.29, 1.82) is 0 Å². The molecule has 84 valence electrons. The summed E-state index contributed by atoms with van der Waals surface area (Å²) in [5.74, 6) is 0.817. The second-order valence-corrected chi connectivity index (χ2v) is 4.07. The topological polar surface area (TPSA) is 45.1 Å². The molecule has 2 rings (SSSR count). The molecule has 1 aromatic heterocycles. The number of para-hydroxylation sites is 1. The number of aromatic nitrogens is 1. The van der Waals surface area contributed by atoms with Gasteiger partial charge in [-0.2, -0.15) is 0 Å². The van der Waals surface area contributed by atoms with E-state index >= 15 is 0 Å². The molecule has 0 fully saturated rings. The van der Waals surface area contributed by atoms with Gasteiger partial charge >= 0.3 is 0 Å². The highest BCUT2D eigenvalue weighted by molar-refractivity contribution is 5.83. The maximum Gasteiger partial charge on any atom is 0.127 e.